The molecule has 1 fully saturated rings. The fourth-order valence-electron chi connectivity index (χ4n) is 5.65. The van der Waals surface area contributed by atoms with Gasteiger partial charge in [-0.3, -0.25) is 19.9 Å². The third-order valence-corrected chi connectivity index (χ3v) is 7.67. The van der Waals surface area contributed by atoms with E-state index in [1.807, 2.05) is 31.2 Å². The number of aromatic amines is 2. The average molecular weight is 547 g/mol. The Morgan fingerprint density at radius 1 is 0.951 bits per heavy atom. The SMILES string of the molecule is Cc1cc(F)cc(-c2nccc3[nH]c(-c4n[nH]c5ncc(-c6cncc(NC(=O)C7CCCCC7)c6)cc45)nc23)c1. The number of rotatable bonds is 5. The first kappa shape index (κ1) is 25.0. The van der Waals surface area contributed by atoms with Gasteiger partial charge in [-0.2, -0.15) is 5.10 Å². The van der Waals surface area contributed by atoms with Gasteiger partial charge in [0.2, 0.25) is 5.91 Å². The minimum atomic E-state index is -0.321. The molecule has 3 N–H and O–H groups in total. The number of H-pyrrole nitrogens is 2. The van der Waals surface area contributed by atoms with Gasteiger partial charge in [-0.25, -0.2) is 14.4 Å². The fraction of sp³-hybridized carbons (Fsp3) is 0.226. The first-order valence-corrected chi connectivity index (χ1v) is 13.7. The lowest BCUT2D eigenvalue weighted by molar-refractivity contribution is -0.120. The molecule has 0 saturated heterocycles. The summed E-state index contributed by atoms with van der Waals surface area (Å²) >= 11 is 0. The van der Waals surface area contributed by atoms with Gasteiger partial charge in [0.25, 0.3) is 0 Å². The van der Waals surface area contributed by atoms with Crippen molar-refractivity contribution >= 4 is 33.7 Å². The second-order valence-electron chi connectivity index (χ2n) is 10.6. The van der Waals surface area contributed by atoms with Gasteiger partial charge in [0, 0.05) is 41.2 Å². The summed E-state index contributed by atoms with van der Waals surface area (Å²) in [5.74, 6) is 0.336. The van der Waals surface area contributed by atoms with E-state index in [0.29, 0.717) is 39.6 Å². The van der Waals surface area contributed by atoms with E-state index in [4.69, 9.17) is 4.98 Å². The Hall–Kier alpha value is -4.99. The number of benzene rings is 1. The van der Waals surface area contributed by atoms with Crippen LogP contribution in [0.5, 0.6) is 0 Å². The summed E-state index contributed by atoms with van der Waals surface area (Å²) in [7, 11) is 0. The van der Waals surface area contributed by atoms with E-state index >= 15 is 0 Å². The van der Waals surface area contributed by atoms with Crippen LogP contribution in [0.15, 0.2) is 61.2 Å². The maximum absolute atomic E-state index is 14.2. The lowest BCUT2D eigenvalue weighted by atomic mass is 9.88. The molecule has 7 rings (SSSR count). The number of hydrogen-bond acceptors (Lipinski definition) is 6. The molecule has 1 aliphatic rings. The molecule has 1 amide bonds. The summed E-state index contributed by atoms with van der Waals surface area (Å²) < 4.78 is 14.2. The second kappa shape index (κ2) is 10.2. The Labute approximate surface area is 234 Å². The summed E-state index contributed by atoms with van der Waals surface area (Å²) in [5, 5.41) is 11.3. The number of aryl methyl sites for hydroxylation is 1. The van der Waals surface area contributed by atoms with Crippen LogP contribution in [0.4, 0.5) is 10.1 Å². The van der Waals surface area contributed by atoms with E-state index < -0.39 is 0 Å². The number of pyridine rings is 3. The van der Waals surface area contributed by atoms with Gasteiger partial charge in [0.1, 0.15) is 17.0 Å². The molecule has 1 aliphatic carbocycles. The summed E-state index contributed by atoms with van der Waals surface area (Å²) in [6.07, 6.45) is 12.1. The minimum absolute atomic E-state index is 0.0569. The van der Waals surface area contributed by atoms with Gasteiger partial charge < -0.3 is 10.3 Å². The van der Waals surface area contributed by atoms with E-state index in [9.17, 15) is 9.18 Å². The standard InChI is InChI=1S/C31H27FN8O/c1-17-9-19(11-22(32)10-17)26-28-25(7-8-34-26)37-30(38-28)27-24-13-21(15-35-29(24)40-39-27)20-12-23(16-33-14-20)36-31(41)18-5-3-2-4-6-18/h7-16,18H,2-6H2,1H3,(H,36,41)(H,37,38)(H,35,39,40). The number of halogens is 1. The van der Waals surface area contributed by atoms with Crippen LogP contribution in [-0.4, -0.2) is 41.0 Å². The van der Waals surface area contributed by atoms with Crippen LogP contribution < -0.4 is 5.32 Å². The van der Waals surface area contributed by atoms with Crippen LogP contribution in [0.25, 0.3) is 56.0 Å². The highest BCUT2D eigenvalue weighted by molar-refractivity contribution is 5.97. The zero-order valence-electron chi connectivity index (χ0n) is 22.4. The summed E-state index contributed by atoms with van der Waals surface area (Å²) in [5.41, 5.74) is 6.96. The van der Waals surface area contributed by atoms with Crippen molar-refractivity contribution in [3.05, 3.63) is 72.6 Å². The van der Waals surface area contributed by atoms with Gasteiger partial charge in [-0.1, -0.05) is 19.3 Å². The molecule has 41 heavy (non-hydrogen) atoms. The van der Waals surface area contributed by atoms with Crippen molar-refractivity contribution < 1.29 is 9.18 Å². The van der Waals surface area contributed by atoms with Crippen LogP contribution in [0.1, 0.15) is 37.7 Å². The predicted molar refractivity (Wildman–Crippen MR) is 155 cm³/mol. The first-order valence-electron chi connectivity index (χ1n) is 13.7. The third kappa shape index (κ3) is 4.82. The molecule has 6 aromatic rings. The molecule has 0 radical (unpaired) electrons. The van der Waals surface area contributed by atoms with E-state index in [1.54, 1.807) is 24.8 Å². The average Bonchev–Trinajstić information content (AvgIpc) is 3.61. The molecule has 0 bridgehead atoms. The lowest BCUT2D eigenvalue weighted by Crippen LogP contribution is -2.24. The molecule has 1 aromatic carbocycles. The Kier molecular flexibility index (Phi) is 6.22. The fourth-order valence-corrected chi connectivity index (χ4v) is 5.65. The highest BCUT2D eigenvalue weighted by Crippen LogP contribution is 2.33. The summed E-state index contributed by atoms with van der Waals surface area (Å²) in [6, 6.07) is 10.6. The van der Waals surface area contributed by atoms with Crippen molar-refractivity contribution in [1.29, 1.82) is 0 Å². The van der Waals surface area contributed by atoms with E-state index in [-0.39, 0.29) is 17.6 Å². The zero-order chi connectivity index (χ0) is 27.9. The maximum atomic E-state index is 14.2. The Bertz CT molecular complexity index is 1900. The molecule has 5 heterocycles. The number of amides is 1. The topological polar surface area (TPSA) is 125 Å². The molecule has 0 unspecified atom stereocenters. The number of aromatic nitrogens is 7. The number of hydrogen-bond donors (Lipinski definition) is 3. The molecule has 10 heteroatoms. The van der Waals surface area contributed by atoms with Crippen molar-refractivity contribution in [2.75, 3.05) is 5.32 Å². The van der Waals surface area contributed by atoms with Crippen LogP contribution >= 0.6 is 0 Å². The molecule has 9 nitrogen and oxygen atoms in total. The number of nitrogens with one attached hydrogen (secondary N) is 3. The van der Waals surface area contributed by atoms with Crippen molar-refractivity contribution in [3.63, 3.8) is 0 Å². The van der Waals surface area contributed by atoms with Crippen LogP contribution in [-0.2, 0) is 4.79 Å². The van der Waals surface area contributed by atoms with Crippen LogP contribution in [0.2, 0.25) is 0 Å². The first-order chi connectivity index (χ1) is 20.0. The number of carbonyl (C=O) groups excluding carboxylic acids is 1. The molecule has 0 atom stereocenters. The van der Waals surface area contributed by atoms with Gasteiger partial charge in [-0.15, -0.1) is 0 Å². The lowest BCUT2D eigenvalue weighted by Gasteiger charge is -2.20. The summed E-state index contributed by atoms with van der Waals surface area (Å²) in [6.45, 7) is 1.85. The van der Waals surface area contributed by atoms with Crippen molar-refractivity contribution in [2.45, 2.75) is 39.0 Å². The van der Waals surface area contributed by atoms with Crippen molar-refractivity contribution in [2.24, 2.45) is 5.92 Å². The van der Waals surface area contributed by atoms with Crippen LogP contribution in [0, 0.1) is 18.7 Å². The van der Waals surface area contributed by atoms with Gasteiger partial charge in [-0.05, 0) is 61.7 Å². The number of imidazole rings is 1. The molecule has 204 valence electrons. The van der Waals surface area contributed by atoms with Gasteiger partial charge >= 0.3 is 0 Å². The Morgan fingerprint density at radius 2 is 1.80 bits per heavy atom. The maximum Gasteiger partial charge on any atom is 0.227 e. The molecule has 0 aliphatic heterocycles. The predicted octanol–water partition coefficient (Wildman–Crippen LogP) is 6.59. The molecule has 5 aromatic heterocycles. The highest BCUT2D eigenvalue weighted by atomic mass is 19.1. The quantitative estimate of drug-likeness (QED) is 0.224. The van der Waals surface area contributed by atoms with Crippen molar-refractivity contribution in [3.8, 4) is 33.9 Å². The largest absolute Gasteiger partial charge is 0.336 e. The second-order valence-corrected chi connectivity index (χ2v) is 10.6. The van der Waals surface area contributed by atoms with Crippen LogP contribution in [0.3, 0.4) is 0 Å². The molecule has 0 spiro atoms. The third-order valence-electron chi connectivity index (χ3n) is 7.67. The van der Waals surface area contributed by atoms with Gasteiger partial charge in [0.05, 0.1) is 28.5 Å². The number of anilines is 1. The highest BCUT2D eigenvalue weighted by Gasteiger charge is 2.22. The molecular weight excluding hydrogens is 519 g/mol. The Morgan fingerprint density at radius 3 is 2.66 bits per heavy atom. The number of carbonyl (C=O) groups is 1. The summed E-state index contributed by atoms with van der Waals surface area (Å²) in [4.78, 5) is 34.4. The molecule has 1 saturated carbocycles. The van der Waals surface area contributed by atoms with E-state index in [0.717, 1.165) is 53.3 Å². The minimum Gasteiger partial charge on any atom is -0.336 e. The van der Waals surface area contributed by atoms with Crippen molar-refractivity contribution in [1.82, 2.24) is 35.1 Å². The van der Waals surface area contributed by atoms with Gasteiger partial charge in [0.15, 0.2) is 11.5 Å². The smallest absolute Gasteiger partial charge is 0.227 e. The van der Waals surface area contributed by atoms with E-state index in [1.165, 1.54) is 18.6 Å². The normalized spacial score (nSPS) is 14.1. The zero-order valence-corrected chi connectivity index (χ0v) is 22.4. The number of nitrogens with zero attached hydrogens (tertiary/aromatic N) is 5. The monoisotopic (exact) mass is 546 g/mol. The number of fused-ring (bicyclic) bond motifs is 2. The molecular formula is C31H27FN8O. The Balaban J connectivity index is 1.23. The van der Waals surface area contributed by atoms with E-state index in [2.05, 4.69) is 35.5 Å².